The van der Waals surface area contributed by atoms with Crippen LogP contribution >= 0.6 is 11.6 Å². The van der Waals surface area contributed by atoms with Crippen LogP contribution in [-0.4, -0.2) is 49.9 Å². The molecule has 6 nitrogen and oxygen atoms in total. The molecule has 19 heavy (non-hydrogen) atoms. The van der Waals surface area contributed by atoms with Crippen LogP contribution in [0.4, 0.5) is 4.79 Å². The predicted octanol–water partition coefficient (Wildman–Crippen LogP) is 1.70. The predicted molar refractivity (Wildman–Crippen MR) is 71.4 cm³/mol. The zero-order chi connectivity index (χ0) is 14.7. The minimum absolute atomic E-state index is 0.196. The molecule has 0 aliphatic carbocycles. The fourth-order valence-corrected chi connectivity index (χ4v) is 1.09. The smallest absolute Gasteiger partial charge is 0.407 e. The van der Waals surface area contributed by atoms with Crippen molar-refractivity contribution in [3.63, 3.8) is 0 Å². The molecule has 0 heterocycles. The topological polar surface area (TPSA) is 73.9 Å². The second kappa shape index (κ2) is 10.00. The fourth-order valence-electron chi connectivity index (χ4n) is 1.01. The highest BCUT2D eigenvalue weighted by atomic mass is 35.5. The highest BCUT2D eigenvalue weighted by Crippen LogP contribution is 2.05. The number of alkyl carbamates (subject to hydrolysis) is 1. The molecule has 112 valence electrons. The number of amides is 1. The standard InChI is InChI=1S/C12H22ClNO5/c1-12(2,3)19-11(16)14-5-7-18-9-8-17-6-4-10(13)15/h4-9H2,1-3H3,(H,14,16). The van der Waals surface area contributed by atoms with Gasteiger partial charge in [0.05, 0.1) is 26.4 Å². The van der Waals surface area contributed by atoms with Crippen molar-refractivity contribution in [3.05, 3.63) is 0 Å². The second-order valence-electron chi connectivity index (χ2n) is 4.76. The van der Waals surface area contributed by atoms with Crippen molar-refractivity contribution in [2.24, 2.45) is 0 Å². The number of nitrogens with one attached hydrogen (secondary N) is 1. The summed E-state index contributed by atoms with van der Waals surface area (Å²) in [5.41, 5.74) is -0.501. The highest BCUT2D eigenvalue weighted by molar-refractivity contribution is 6.63. The molecule has 0 atom stereocenters. The highest BCUT2D eigenvalue weighted by Gasteiger charge is 2.15. The van der Waals surface area contributed by atoms with E-state index in [-0.39, 0.29) is 6.42 Å². The molecule has 0 spiro atoms. The van der Waals surface area contributed by atoms with E-state index in [1.807, 2.05) is 0 Å². The van der Waals surface area contributed by atoms with Crippen molar-refractivity contribution in [2.45, 2.75) is 32.8 Å². The van der Waals surface area contributed by atoms with Gasteiger partial charge in [0.25, 0.3) is 0 Å². The summed E-state index contributed by atoms with van der Waals surface area (Å²) in [5.74, 6) is 0. The summed E-state index contributed by atoms with van der Waals surface area (Å²) in [6.45, 7) is 7.21. The molecule has 0 aromatic carbocycles. The van der Waals surface area contributed by atoms with Gasteiger partial charge in [0.15, 0.2) is 0 Å². The largest absolute Gasteiger partial charge is 0.444 e. The lowest BCUT2D eigenvalue weighted by molar-refractivity contribution is -0.112. The number of ether oxygens (including phenoxy) is 3. The third-order valence-corrected chi connectivity index (χ3v) is 1.92. The number of hydrogen-bond donors (Lipinski definition) is 1. The van der Waals surface area contributed by atoms with Crippen LogP contribution in [0.2, 0.25) is 0 Å². The first-order chi connectivity index (χ1) is 8.81. The first kappa shape index (κ1) is 18.1. The van der Waals surface area contributed by atoms with Crippen molar-refractivity contribution in [1.29, 1.82) is 0 Å². The van der Waals surface area contributed by atoms with Crippen molar-refractivity contribution in [1.82, 2.24) is 5.32 Å². The Balaban J connectivity index is 3.27. The summed E-state index contributed by atoms with van der Waals surface area (Å²) >= 11 is 5.13. The molecule has 1 N–H and O–H groups in total. The van der Waals surface area contributed by atoms with Gasteiger partial charge in [-0.1, -0.05) is 0 Å². The summed E-state index contributed by atoms with van der Waals surface area (Å²) in [6.07, 6.45) is -0.269. The van der Waals surface area contributed by atoms with Crippen LogP contribution in [0.3, 0.4) is 0 Å². The molecule has 0 saturated heterocycles. The lowest BCUT2D eigenvalue weighted by Crippen LogP contribution is -2.34. The summed E-state index contributed by atoms with van der Waals surface area (Å²) in [5, 5.41) is 2.15. The monoisotopic (exact) mass is 295 g/mol. The molecule has 0 aromatic rings. The second-order valence-corrected chi connectivity index (χ2v) is 5.18. The van der Waals surface area contributed by atoms with Gasteiger partial charge in [-0.2, -0.15) is 0 Å². The van der Waals surface area contributed by atoms with E-state index in [0.717, 1.165) is 0 Å². The van der Waals surface area contributed by atoms with Gasteiger partial charge in [-0.05, 0) is 32.4 Å². The Bertz CT molecular complexity index is 278. The van der Waals surface area contributed by atoms with Crippen LogP contribution in [0.25, 0.3) is 0 Å². The Hall–Kier alpha value is -0.850. The number of hydrogen-bond acceptors (Lipinski definition) is 5. The van der Waals surface area contributed by atoms with Gasteiger partial charge in [-0.15, -0.1) is 0 Å². The number of halogens is 1. The Morgan fingerprint density at radius 1 is 1.05 bits per heavy atom. The molecule has 0 aliphatic rings. The van der Waals surface area contributed by atoms with E-state index in [0.29, 0.717) is 33.0 Å². The Morgan fingerprint density at radius 2 is 1.63 bits per heavy atom. The summed E-state index contributed by atoms with van der Waals surface area (Å²) in [6, 6.07) is 0. The van der Waals surface area contributed by atoms with Gasteiger partial charge >= 0.3 is 6.09 Å². The SMILES string of the molecule is CC(C)(C)OC(=O)NCCOCCOCCC(=O)Cl. The molecular formula is C12H22ClNO5. The van der Waals surface area contributed by atoms with Crippen LogP contribution in [0.5, 0.6) is 0 Å². The van der Waals surface area contributed by atoms with E-state index in [2.05, 4.69) is 5.32 Å². The molecule has 0 aromatic heterocycles. The maximum Gasteiger partial charge on any atom is 0.407 e. The molecule has 0 fully saturated rings. The average molecular weight is 296 g/mol. The Morgan fingerprint density at radius 3 is 2.16 bits per heavy atom. The van der Waals surface area contributed by atoms with E-state index >= 15 is 0 Å². The molecule has 1 amide bonds. The molecule has 0 radical (unpaired) electrons. The van der Waals surface area contributed by atoms with Gasteiger partial charge in [0.1, 0.15) is 5.60 Å². The van der Waals surface area contributed by atoms with Crippen LogP contribution in [0.15, 0.2) is 0 Å². The third kappa shape index (κ3) is 15.1. The molecule has 0 saturated carbocycles. The number of rotatable bonds is 9. The zero-order valence-electron chi connectivity index (χ0n) is 11.7. The van der Waals surface area contributed by atoms with E-state index in [1.54, 1.807) is 20.8 Å². The molecule has 0 unspecified atom stereocenters. The van der Waals surface area contributed by atoms with E-state index in [4.69, 9.17) is 25.8 Å². The van der Waals surface area contributed by atoms with Crippen molar-refractivity contribution in [3.8, 4) is 0 Å². The maximum atomic E-state index is 11.2. The van der Waals surface area contributed by atoms with E-state index in [1.165, 1.54) is 0 Å². The van der Waals surface area contributed by atoms with Crippen LogP contribution in [0, 0.1) is 0 Å². The third-order valence-electron chi connectivity index (χ3n) is 1.73. The van der Waals surface area contributed by atoms with Crippen molar-refractivity contribution >= 4 is 22.9 Å². The van der Waals surface area contributed by atoms with Gasteiger partial charge in [-0.3, -0.25) is 4.79 Å². The van der Waals surface area contributed by atoms with Crippen LogP contribution in [0.1, 0.15) is 27.2 Å². The lowest BCUT2D eigenvalue weighted by atomic mass is 10.2. The van der Waals surface area contributed by atoms with Gasteiger partial charge in [0.2, 0.25) is 5.24 Å². The van der Waals surface area contributed by atoms with Gasteiger partial charge in [0, 0.05) is 13.0 Å². The first-order valence-electron chi connectivity index (χ1n) is 6.12. The van der Waals surface area contributed by atoms with Gasteiger partial charge in [-0.25, -0.2) is 4.79 Å². The van der Waals surface area contributed by atoms with Gasteiger partial charge < -0.3 is 19.5 Å². The minimum atomic E-state index is -0.501. The molecular weight excluding hydrogens is 274 g/mol. The maximum absolute atomic E-state index is 11.2. The normalized spacial score (nSPS) is 11.2. The molecule has 0 rings (SSSR count). The minimum Gasteiger partial charge on any atom is -0.444 e. The van der Waals surface area contributed by atoms with E-state index in [9.17, 15) is 9.59 Å². The van der Waals surface area contributed by atoms with E-state index < -0.39 is 16.9 Å². The summed E-state index contributed by atoms with van der Waals surface area (Å²) < 4.78 is 15.3. The van der Waals surface area contributed by atoms with Crippen LogP contribution < -0.4 is 5.32 Å². The fraction of sp³-hybridized carbons (Fsp3) is 0.833. The Labute approximate surface area is 118 Å². The number of carbonyl (C=O) groups is 2. The quantitative estimate of drug-likeness (QED) is 0.518. The lowest BCUT2D eigenvalue weighted by Gasteiger charge is -2.19. The first-order valence-corrected chi connectivity index (χ1v) is 6.50. The van der Waals surface area contributed by atoms with Crippen molar-refractivity contribution < 1.29 is 23.8 Å². The molecule has 0 aliphatic heterocycles. The zero-order valence-corrected chi connectivity index (χ0v) is 12.4. The number of carbonyl (C=O) groups excluding carboxylic acids is 2. The molecule has 0 bridgehead atoms. The Kier molecular flexibility index (Phi) is 9.55. The van der Waals surface area contributed by atoms with Crippen molar-refractivity contribution in [2.75, 3.05) is 33.0 Å². The summed E-state index contributed by atoms with van der Waals surface area (Å²) in [4.78, 5) is 21.6. The summed E-state index contributed by atoms with van der Waals surface area (Å²) in [7, 11) is 0. The average Bonchev–Trinajstić information content (AvgIpc) is 2.24. The van der Waals surface area contributed by atoms with Crippen LogP contribution in [-0.2, 0) is 19.0 Å². The molecule has 7 heteroatoms.